The molecule has 0 amide bonds. The fraction of sp³-hybridized carbons (Fsp3) is 1.00. The second kappa shape index (κ2) is 10.4. The number of aliphatic hydroxyl groups excluding tert-OH is 1. The van der Waals surface area contributed by atoms with E-state index in [0.717, 1.165) is 12.8 Å². The molecule has 0 aromatic carbocycles. The monoisotopic (exact) mass is 276 g/mol. The molecule has 0 saturated heterocycles. The molecule has 0 saturated carbocycles. The van der Waals surface area contributed by atoms with Gasteiger partial charge in [-0.2, -0.15) is 0 Å². The maximum atomic E-state index is 10.9. The third-order valence-electron chi connectivity index (χ3n) is 2.58. The molecule has 0 bridgehead atoms. The summed E-state index contributed by atoms with van der Waals surface area (Å²) < 4.78 is 32.7. The summed E-state index contributed by atoms with van der Waals surface area (Å²) in [5.41, 5.74) is 0. The molecule has 4 nitrogen and oxygen atoms in total. The van der Waals surface area contributed by atoms with E-state index in [2.05, 4.69) is 0 Å². The Morgan fingerprint density at radius 1 is 1.19 bits per heavy atom. The van der Waals surface area contributed by atoms with Crippen molar-refractivity contribution < 1.29 is 69.5 Å². The fourth-order valence-electron chi connectivity index (χ4n) is 1.45. The molecule has 2 atom stereocenters. The predicted molar refractivity (Wildman–Crippen MR) is 58.5 cm³/mol. The van der Waals surface area contributed by atoms with E-state index >= 15 is 0 Å². The summed E-state index contributed by atoms with van der Waals surface area (Å²) >= 11 is 0. The van der Waals surface area contributed by atoms with Gasteiger partial charge in [0.1, 0.15) is 0 Å². The maximum absolute atomic E-state index is 10.9. The third kappa shape index (κ3) is 9.53. The quantitative estimate of drug-likeness (QED) is 0.439. The van der Waals surface area contributed by atoms with Crippen LogP contribution in [0.25, 0.3) is 0 Å². The van der Waals surface area contributed by atoms with E-state index in [4.69, 9.17) is 0 Å². The molecule has 6 heteroatoms. The van der Waals surface area contributed by atoms with Gasteiger partial charge in [0.25, 0.3) is 0 Å². The van der Waals surface area contributed by atoms with Gasteiger partial charge in [0.15, 0.2) is 0 Å². The Morgan fingerprint density at radius 2 is 1.75 bits per heavy atom. The Labute approximate surface area is 141 Å². The summed E-state index contributed by atoms with van der Waals surface area (Å²) in [6, 6.07) is 0. The van der Waals surface area contributed by atoms with Crippen molar-refractivity contribution in [2.24, 2.45) is 0 Å². The molecule has 0 aromatic rings. The van der Waals surface area contributed by atoms with Gasteiger partial charge in [0.2, 0.25) is 0 Å². The van der Waals surface area contributed by atoms with Crippen molar-refractivity contribution in [1.29, 1.82) is 0 Å². The second-order valence-electron chi connectivity index (χ2n) is 3.90. The normalized spacial score (nSPS) is 15.2. The Balaban J connectivity index is 0. The Kier molecular flexibility index (Phi) is 12.9. The first-order chi connectivity index (χ1) is 6.91. The van der Waals surface area contributed by atoms with Gasteiger partial charge in [-0.3, -0.25) is 0 Å². The van der Waals surface area contributed by atoms with E-state index < -0.39 is 21.5 Å². The van der Waals surface area contributed by atoms with Gasteiger partial charge in [-0.05, 0) is 25.7 Å². The number of aliphatic hydroxyl groups is 1. The van der Waals surface area contributed by atoms with Crippen molar-refractivity contribution in [2.75, 3.05) is 0 Å². The van der Waals surface area contributed by atoms with Gasteiger partial charge in [-0.15, -0.1) is 0 Å². The van der Waals surface area contributed by atoms with E-state index in [0.29, 0.717) is 19.3 Å². The first-order valence-corrected chi connectivity index (χ1v) is 7.01. The standard InChI is InChI=1S/C10H22O4S.K/c1-3-5-6-10(15(12,13)14)8-7-9(11)4-2;/h9-11H,3-8H2,1-2H3,(H,12,13,14);/q;+1/p-1. The third-order valence-corrected chi connectivity index (χ3v) is 3.87. The minimum atomic E-state index is -4.20. The van der Waals surface area contributed by atoms with Crippen LogP contribution in [0.15, 0.2) is 0 Å². The largest absolute Gasteiger partial charge is 1.00 e. The van der Waals surface area contributed by atoms with Crippen molar-refractivity contribution in [3.63, 3.8) is 0 Å². The van der Waals surface area contributed by atoms with Crippen LogP contribution in [0, 0.1) is 0 Å². The summed E-state index contributed by atoms with van der Waals surface area (Å²) in [5, 5.41) is 8.48. The molecule has 92 valence electrons. The predicted octanol–water partition coefficient (Wildman–Crippen LogP) is -1.35. The first kappa shape index (κ1) is 19.8. The van der Waals surface area contributed by atoms with Gasteiger partial charge in [0, 0.05) is 5.25 Å². The molecule has 1 N–H and O–H groups in total. The molecule has 0 radical (unpaired) electrons. The smallest absolute Gasteiger partial charge is 0.748 e. The average Bonchev–Trinajstić information content (AvgIpc) is 2.15. The van der Waals surface area contributed by atoms with E-state index in [9.17, 15) is 18.1 Å². The van der Waals surface area contributed by atoms with Crippen LogP contribution in [0.4, 0.5) is 0 Å². The summed E-state index contributed by atoms with van der Waals surface area (Å²) in [4.78, 5) is 0. The number of hydrogen-bond donors (Lipinski definition) is 1. The van der Waals surface area contributed by atoms with E-state index in [1.54, 1.807) is 0 Å². The molecule has 16 heavy (non-hydrogen) atoms. The molecule has 0 heterocycles. The Morgan fingerprint density at radius 3 is 2.12 bits per heavy atom. The van der Waals surface area contributed by atoms with Crippen LogP contribution in [0.3, 0.4) is 0 Å². The van der Waals surface area contributed by atoms with Crippen LogP contribution in [0.5, 0.6) is 0 Å². The topological polar surface area (TPSA) is 77.4 Å². The van der Waals surface area contributed by atoms with Crippen molar-refractivity contribution in [1.82, 2.24) is 0 Å². The Hall–Kier alpha value is 1.51. The minimum absolute atomic E-state index is 0. The van der Waals surface area contributed by atoms with Crippen LogP contribution >= 0.6 is 0 Å². The van der Waals surface area contributed by atoms with Gasteiger partial charge in [-0.1, -0.05) is 26.7 Å². The molecule has 0 aliphatic rings. The zero-order valence-electron chi connectivity index (χ0n) is 10.5. The number of rotatable bonds is 8. The maximum Gasteiger partial charge on any atom is 1.00 e. The Bertz CT molecular complexity index is 254. The summed E-state index contributed by atoms with van der Waals surface area (Å²) in [7, 11) is -4.20. The second-order valence-corrected chi connectivity index (χ2v) is 5.55. The van der Waals surface area contributed by atoms with Crippen molar-refractivity contribution in [2.45, 2.75) is 63.7 Å². The molecular weight excluding hydrogens is 255 g/mol. The molecule has 0 spiro atoms. The molecular formula is C10H21KO4S. The SMILES string of the molecule is CCCCC(CCC(O)CC)S(=O)(=O)[O-].[K+]. The van der Waals surface area contributed by atoms with Crippen LogP contribution in [0.2, 0.25) is 0 Å². The van der Waals surface area contributed by atoms with E-state index in [1.807, 2.05) is 13.8 Å². The number of hydrogen-bond acceptors (Lipinski definition) is 4. The fourth-order valence-corrected chi connectivity index (χ4v) is 2.33. The van der Waals surface area contributed by atoms with Gasteiger partial charge < -0.3 is 9.66 Å². The molecule has 2 unspecified atom stereocenters. The van der Waals surface area contributed by atoms with Crippen LogP contribution in [0.1, 0.15) is 52.4 Å². The molecule has 0 aromatic heterocycles. The molecule has 0 aliphatic heterocycles. The summed E-state index contributed by atoms with van der Waals surface area (Å²) in [5.74, 6) is 0. The van der Waals surface area contributed by atoms with Gasteiger partial charge >= 0.3 is 51.4 Å². The minimum Gasteiger partial charge on any atom is -0.748 e. The van der Waals surface area contributed by atoms with Crippen LogP contribution < -0.4 is 51.4 Å². The molecule has 0 fully saturated rings. The van der Waals surface area contributed by atoms with Crippen molar-refractivity contribution in [3.8, 4) is 0 Å². The zero-order valence-corrected chi connectivity index (χ0v) is 14.4. The van der Waals surface area contributed by atoms with Crippen LogP contribution in [-0.2, 0) is 10.1 Å². The van der Waals surface area contributed by atoms with Crippen molar-refractivity contribution >= 4 is 10.1 Å². The first-order valence-electron chi connectivity index (χ1n) is 5.54. The van der Waals surface area contributed by atoms with Gasteiger partial charge in [0.05, 0.1) is 16.2 Å². The zero-order chi connectivity index (χ0) is 11.9. The van der Waals surface area contributed by atoms with E-state index in [-0.39, 0.29) is 57.8 Å². The summed E-state index contributed by atoms with van der Waals surface area (Å²) in [6.45, 7) is 3.78. The van der Waals surface area contributed by atoms with Crippen LogP contribution in [-0.4, -0.2) is 29.4 Å². The number of unbranched alkanes of at least 4 members (excludes halogenated alkanes) is 1. The van der Waals surface area contributed by atoms with E-state index in [1.165, 1.54) is 0 Å². The van der Waals surface area contributed by atoms with Gasteiger partial charge in [-0.25, -0.2) is 8.42 Å². The average molecular weight is 276 g/mol. The summed E-state index contributed by atoms with van der Waals surface area (Å²) in [6.07, 6.45) is 2.82. The van der Waals surface area contributed by atoms with Crippen molar-refractivity contribution in [3.05, 3.63) is 0 Å². The molecule has 0 rings (SSSR count). The molecule has 0 aliphatic carbocycles.